The number of rotatable bonds is 5. The molecule has 2 saturated heterocycles. The van der Waals surface area contributed by atoms with Gasteiger partial charge in [0.25, 0.3) is 0 Å². The summed E-state index contributed by atoms with van der Waals surface area (Å²) >= 11 is 0. The molecule has 2 atom stereocenters. The molecule has 0 spiro atoms. The number of fused-ring (bicyclic) bond motifs is 1. The van der Waals surface area contributed by atoms with Gasteiger partial charge in [0.15, 0.2) is 0 Å². The molecule has 0 aromatic carbocycles. The number of carbonyl (C=O) groups excluding carboxylic acids is 1. The van der Waals surface area contributed by atoms with E-state index in [2.05, 4.69) is 11.0 Å². The first-order valence-corrected chi connectivity index (χ1v) is 9.38. The molecular formula is C19H31NO3. The third-order valence-electron chi connectivity index (χ3n) is 5.70. The van der Waals surface area contributed by atoms with Gasteiger partial charge in [-0.2, -0.15) is 0 Å². The first-order chi connectivity index (χ1) is 11.2. The normalized spacial score (nSPS) is 31.4. The second-order valence-corrected chi connectivity index (χ2v) is 7.35. The van der Waals surface area contributed by atoms with Crippen molar-refractivity contribution >= 4 is 5.91 Å². The van der Waals surface area contributed by atoms with Gasteiger partial charge in [-0.15, -0.1) is 0 Å². The Balaban J connectivity index is 1.64. The Bertz CT molecular complexity index is 448. The second kappa shape index (κ2) is 7.80. The molecule has 4 heteroatoms. The number of amides is 1. The fourth-order valence-corrected chi connectivity index (χ4v) is 4.39. The number of hydrogen-bond acceptors (Lipinski definition) is 3. The molecule has 23 heavy (non-hydrogen) atoms. The molecule has 3 aliphatic rings. The molecule has 0 unspecified atom stereocenters. The minimum Gasteiger partial charge on any atom is -0.381 e. The molecule has 4 nitrogen and oxygen atoms in total. The molecule has 0 aromatic heterocycles. The Hall–Kier alpha value is -0.870. The zero-order valence-corrected chi connectivity index (χ0v) is 14.5. The van der Waals surface area contributed by atoms with Crippen LogP contribution >= 0.6 is 0 Å². The highest BCUT2D eigenvalue weighted by Crippen LogP contribution is 2.40. The molecule has 2 aliphatic heterocycles. The highest BCUT2D eigenvalue weighted by molar-refractivity contribution is 5.79. The third kappa shape index (κ3) is 3.97. The molecule has 2 fully saturated rings. The summed E-state index contributed by atoms with van der Waals surface area (Å²) in [5.74, 6) is 0.304. The summed E-state index contributed by atoms with van der Waals surface area (Å²) in [5, 5.41) is 0. The van der Waals surface area contributed by atoms with Crippen molar-refractivity contribution in [1.29, 1.82) is 0 Å². The minimum absolute atomic E-state index is 0.0170. The van der Waals surface area contributed by atoms with E-state index < -0.39 is 0 Å². The number of likely N-dealkylation sites (tertiary alicyclic amines) is 1. The molecule has 0 aromatic rings. The summed E-state index contributed by atoms with van der Waals surface area (Å²) in [6, 6.07) is 0. The first-order valence-electron chi connectivity index (χ1n) is 9.38. The van der Waals surface area contributed by atoms with Crippen molar-refractivity contribution in [3.63, 3.8) is 0 Å². The number of ether oxygens (including phenoxy) is 2. The van der Waals surface area contributed by atoms with Gasteiger partial charge in [0.1, 0.15) is 0 Å². The third-order valence-corrected chi connectivity index (χ3v) is 5.70. The van der Waals surface area contributed by atoms with Crippen LogP contribution in [0.15, 0.2) is 11.6 Å². The summed E-state index contributed by atoms with van der Waals surface area (Å²) in [5.41, 5.74) is 1.37. The average molecular weight is 321 g/mol. The fraction of sp³-hybridized carbons (Fsp3) is 0.842. The van der Waals surface area contributed by atoms with E-state index in [-0.39, 0.29) is 11.5 Å². The monoisotopic (exact) mass is 321 g/mol. The summed E-state index contributed by atoms with van der Waals surface area (Å²) in [6.45, 7) is 6.00. The molecule has 0 bridgehead atoms. The zero-order valence-electron chi connectivity index (χ0n) is 14.5. The summed E-state index contributed by atoms with van der Waals surface area (Å²) in [6.07, 6.45) is 11.1. The van der Waals surface area contributed by atoms with E-state index in [0.29, 0.717) is 12.3 Å². The van der Waals surface area contributed by atoms with E-state index in [9.17, 15) is 4.79 Å². The van der Waals surface area contributed by atoms with Crippen molar-refractivity contribution in [2.45, 2.75) is 64.4 Å². The highest BCUT2D eigenvalue weighted by atomic mass is 16.5. The standard InChI is InChI=1S/C19H31NO3/c1-2-22-15-19-10-6-12-23-17(19)9-11-20(14-19)18(21)13-16-7-4-3-5-8-16/h7,17H,2-6,8-15H2,1H3/t17-,19-/m1/s1. The molecule has 1 aliphatic carbocycles. The van der Waals surface area contributed by atoms with Crippen LogP contribution in [-0.2, 0) is 14.3 Å². The first kappa shape index (κ1) is 17.0. The van der Waals surface area contributed by atoms with Gasteiger partial charge in [0.2, 0.25) is 5.91 Å². The second-order valence-electron chi connectivity index (χ2n) is 7.35. The van der Waals surface area contributed by atoms with Crippen LogP contribution in [0.3, 0.4) is 0 Å². The van der Waals surface area contributed by atoms with Gasteiger partial charge in [0.05, 0.1) is 12.7 Å². The van der Waals surface area contributed by atoms with Crippen LogP contribution in [-0.4, -0.2) is 49.8 Å². The van der Waals surface area contributed by atoms with E-state index in [1.807, 2.05) is 6.92 Å². The molecule has 1 amide bonds. The van der Waals surface area contributed by atoms with Gasteiger partial charge in [-0.05, 0) is 51.9 Å². The minimum atomic E-state index is 0.0170. The van der Waals surface area contributed by atoms with Crippen molar-refractivity contribution < 1.29 is 14.3 Å². The predicted octanol–water partition coefficient (Wildman–Crippen LogP) is 3.31. The Morgan fingerprint density at radius 2 is 2.35 bits per heavy atom. The molecule has 0 saturated carbocycles. The lowest BCUT2D eigenvalue weighted by molar-refractivity contribution is -0.163. The van der Waals surface area contributed by atoms with Gasteiger partial charge in [0, 0.05) is 38.1 Å². The van der Waals surface area contributed by atoms with E-state index in [0.717, 1.165) is 65.0 Å². The number of allylic oxidation sites excluding steroid dienone is 1. The molecule has 2 heterocycles. The van der Waals surface area contributed by atoms with E-state index >= 15 is 0 Å². The van der Waals surface area contributed by atoms with Crippen molar-refractivity contribution in [2.75, 3.05) is 32.9 Å². The van der Waals surface area contributed by atoms with E-state index in [1.54, 1.807) is 0 Å². The largest absolute Gasteiger partial charge is 0.381 e. The Morgan fingerprint density at radius 1 is 1.43 bits per heavy atom. The Kier molecular flexibility index (Phi) is 5.76. The lowest BCUT2D eigenvalue weighted by atomic mass is 9.73. The van der Waals surface area contributed by atoms with Gasteiger partial charge >= 0.3 is 0 Å². The predicted molar refractivity (Wildman–Crippen MR) is 90.3 cm³/mol. The Morgan fingerprint density at radius 3 is 3.13 bits per heavy atom. The maximum absolute atomic E-state index is 12.8. The van der Waals surface area contributed by atoms with Crippen molar-refractivity contribution in [3.8, 4) is 0 Å². The lowest BCUT2D eigenvalue weighted by Gasteiger charge is -2.50. The molecule has 0 radical (unpaired) electrons. The van der Waals surface area contributed by atoms with E-state index in [4.69, 9.17) is 9.47 Å². The van der Waals surface area contributed by atoms with Crippen LogP contribution in [0, 0.1) is 5.41 Å². The highest BCUT2D eigenvalue weighted by Gasteiger charge is 2.47. The van der Waals surface area contributed by atoms with Crippen molar-refractivity contribution in [1.82, 2.24) is 4.90 Å². The van der Waals surface area contributed by atoms with Crippen molar-refractivity contribution in [2.24, 2.45) is 5.41 Å². The topological polar surface area (TPSA) is 38.8 Å². The summed E-state index contributed by atoms with van der Waals surface area (Å²) < 4.78 is 11.8. The summed E-state index contributed by atoms with van der Waals surface area (Å²) in [7, 11) is 0. The quantitative estimate of drug-likeness (QED) is 0.729. The molecule has 3 rings (SSSR count). The fourth-order valence-electron chi connectivity index (χ4n) is 4.39. The zero-order chi connectivity index (χ0) is 16.1. The summed E-state index contributed by atoms with van der Waals surface area (Å²) in [4.78, 5) is 14.8. The van der Waals surface area contributed by atoms with Crippen LogP contribution in [0.4, 0.5) is 0 Å². The number of hydrogen-bond donors (Lipinski definition) is 0. The number of piperidine rings is 1. The maximum Gasteiger partial charge on any atom is 0.226 e. The smallest absolute Gasteiger partial charge is 0.226 e. The van der Waals surface area contributed by atoms with Crippen LogP contribution in [0.1, 0.15) is 58.3 Å². The average Bonchev–Trinajstić information content (AvgIpc) is 2.60. The van der Waals surface area contributed by atoms with Gasteiger partial charge in [-0.1, -0.05) is 11.6 Å². The Labute approximate surface area is 140 Å². The molecule has 130 valence electrons. The van der Waals surface area contributed by atoms with Crippen molar-refractivity contribution in [3.05, 3.63) is 11.6 Å². The SMILES string of the molecule is CCOC[C@]12CCCO[C@@H]1CCN(C(=O)CC1=CCCCC1)C2. The number of nitrogens with zero attached hydrogens (tertiary/aromatic N) is 1. The van der Waals surface area contributed by atoms with Crippen LogP contribution in [0.5, 0.6) is 0 Å². The number of carbonyl (C=O) groups is 1. The molecule has 0 N–H and O–H groups in total. The maximum atomic E-state index is 12.8. The molecular weight excluding hydrogens is 290 g/mol. The van der Waals surface area contributed by atoms with Gasteiger partial charge < -0.3 is 14.4 Å². The van der Waals surface area contributed by atoms with Crippen LogP contribution in [0.25, 0.3) is 0 Å². The van der Waals surface area contributed by atoms with Gasteiger partial charge in [-0.25, -0.2) is 0 Å². The lowest BCUT2D eigenvalue weighted by Crippen LogP contribution is -2.58. The van der Waals surface area contributed by atoms with Crippen LogP contribution in [0.2, 0.25) is 0 Å². The van der Waals surface area contributed by atoms with Gasteiger partial charge in [-0.3, -0.25) is 4.79 Å². The van der Waals surface area contributed by atoms with Crippen LogP contribution < -0.4 is 0 Å². The van der Waals surface area contributed by atoms with E-state index in [1.165, 1.54) is 18.4 Å².